The van der Waals surface area contributed by atoms with Gasteiger partial charge >= 0.3 is 0 Å². The first-order valence-corrected chi connectivity index (χ1v) is 8.29. The summed E-state index contributed by atoms with van der Waals surface area (Å²) < 4.78 is 11.8. The predicted octanol–water partition coefficient (Wildman–Crippen LogP) is 2.33. The molecule has 1 amide bonds. The number of nitrogens with zero attached hydrogens (tertiary/aromatic N) is 2. The van der Waals surface area contributed by atoms with Crippen molar-refractivity contribution in [2.75, 3.05) is 11.7 Å². The molecule has 25 heavy (non-hydrogen) atoms. The van der Waals surface area contributed by atoms with Crippen molar-refractivity contribution in [2.24, 2.45) is 5.73 Å². The minimum Gasteiger partial charge on any atom is -0.455 e. The monoisotopic (exact) mass is 341 g/mol. The van der Waals surface area contributed by atoms with Crippen LogP contribution in [0.25, 0.3) is 0 Å². The molecule has 2 aromatic rings. The molecule has 0 spiro atoms. The molecule has 0 radical (unpaired) electrons. The van der Waals surface area contributed by atoms with Gasteiger partial charge in [-0.05, 0) is 25.0 Å². The van der Waals surface area contributed by atoms with Gasteiger partial charge in [-0.1, -0.05) is 18.2 Å². The van der Waals surface area contributed by atoms with E-state index in [1.54, 1.807) is 6.07 Å². The highest BCUT2D eigenvalue weighted by atomic mass is 16.5. The van der Waals surface area contributed by atoms with Crippen LogP contribution in [0, 0.1) is 0 Å². The number of anilines is 1. The first-order valence-electron chi connectivity index (χ1n) is 8.29. The number of rotatable bonds is 3. The van der Waals surface area contributed by atoms with E-state index < -0.39 is 11.9 Å². The molecular formula is C18H19N3O4. The van der Waals surface area contributed by atoms with E-state index in [-0.39, 0.29) is 11.9 Å². The van der Waals surface area contributed by atoms with Crippen molar-refractivity contribution in [3.05, 3.63) is 47.7 Å². The number of ether oxygens (including phenoxy) is 2. The number of hydrogen-bond acceptors (Lipinski definition) is 6. The number of aromatic nitrogens is 1. The molecule has 130 valence electrons. The van der Waals surface area contributed by atoms with Crippen molar-refractivity contribution < 1.29 is 19.5 Å². The number of nitrogens with two attached hydrogens (primary N) is 1. The second-order valence-electron chi connectivity index (χ2n) is 6.26. The fourth-order valence-electron chi connectivity index (χ4n) is 3.25. The highest BCUT2D eigenvalue weighted by Crippen LogP contribution is 2.37. The summed E-state index contributed by atoms with van der Waals surface area (Å²) in [5.74, 6) is 0.885. The van der Waals surface area contributed by atoms with Gasteiger partial charge in [0.1, 0.15) is 11.5 Å². The highest BCUT2D eigenvalue weighted by Gasteiger charge is 2.31. The van der Waals surface area contributed by atoms with Crippen LogP contribution in [-0.4, -0.2) is 28.7 Å². The molecule has 2 atom stereocenters. The minimum atomic E-state index is -0.784. The normalized spacial score (nSPS) is 22.8. The molecule has 1 fully saturated rings. The van der Waals surface area contributed by atoms with Crippen molar-refractivity contribution >= 4 is 11.7 Å². The van der Waals surface area contributed by atoms with Crippen molar-refractivity contribution in [1.82, 2.24) is 4.98 Å². The van der Waals surface area contributed by atoms with E-state index in [9.17, 15) is 10.0 Å². The van der Waals surface area contributed by atoms with Gasteiger partial charge in [-0.3, -0.25) is 10.0 Å². The SMILES string of the molecule is N[C@H]1Cc2cc(Oc3ccccc3C3CCCO3)cnc2N(O)C1=O. The number of benzene rings is 1. The van der Waals surface area contributed by atoms with E-state index in [0.29, 0.717) is 28.5 Å². The number of pyridine rings is 1. The molecule has 1 aromatic carbocycles. The van der Waals surface area contributed by atoms with Gasteiger partial charge in [0.25, 0.3) is 5.91 Å². The Hall–Kier alpha value is -2.48. The molecule has 1 saturated heterocycles. The van der Waals surface area contributed by atoms with Crippen molar-refractivity contribution in [3.63, 3.8) is 0 Å². The van der Waals surface area contributed by atoms with Crippen LogP contribution in [0.1, 0.15) is 30.1 Å². The van der Waals surface area contributed by atoms with Gasteiger partial charge in [0.2, 0.25) is 0 Å². The fraction of sp³-hybridized carbons (Fsp3) is 0.333. The van der Waals surface area contributed by atoms with Crippen LogP contribution in [0.3, 0.4) is 0 Å². The standard InChI is InChI=1S/C18H19N3O4/c19-14-9-11-8-12(10-20-17(11)21(23)18(14)22)25-16-5-2-1-4-13(16)15-6-3-7-24-15/h1-2,4-5,8,10,14-15,23H,3,6-7,9,19H2/t14-,15?/m0/s1. The Balaban J connectivity index is 1.62. The Morgan fingerprint density at radius 3 is 3.00 bits per heavy atom. The molecule has 2 aliphatic heterocycles. The van der Waals surface area contributed by atoms with Gasteiger partial charge < -0.3 is 15.2 Å². The summed E-state index contributed by atoms with van der Waals surface area (Å²) in [5, 5.41) is 10.4. The maximum Gasteiger partial charge on any atom is 0.269 e. The van der Waals surface area contributed by atoms with Crippen LogP contribution < -0.4 is 15.5 Å². The number of para-hydroxylation sites is 1. The molecule has 3 heterocycles. The largest absolute Gasteiger partial charge is 0.455 e. The predicted molar refractivity (Wildman–Crippen MR) is 89.6 cm³/mol. The van der Waals surface area contributed by atoms with Crippen LogP contribution >= 0.6 is 0 Å². The zero-order valence-electron chi connectivity index (χ0n) is 13.6. The lowest BCUT2D eigenvalue weighted by Gasteiger charge is -2.26. The van der Waals surface area contributed by atoms with Gasteiger partial charge in [-0.15, -0.1) is 0 Å². The van der Waals surface area contributed by atoms with Crippen LogP contribution in [0.2, 0.25) is 0 Å². The number of hydrogen-bond donors (Lipinski definition) is 2. The van der Waals surface area contributed by atoms with Gasteiger partial charge in [-0.25, -0.2) is 4.98 Å². The van der Waals surface area contributed by atoms with Gasteiger partial charge in [0, 0.05) is 24.2 Å². The van der Waals surface area contributed by atoms with E-state index in [1.165, 1.54) is 6.20 Å². The lowest BCUT2D eigenvalue weighted by molar-refractivity contribution is -0.125. The average molecular weight is 341 g/mol. The number of carbonyl (C=O) groups excluding carboxylic acids is 1. The molecule has 1 unspecified atom stereocenters. The molecule has 7 heteroatoms. The van der Waals surface area contributed by atoms with Gasteiger partial charge in [0.05, 0.1) is 18.3 Å². The van der Waals surface area contributed by atoms with E-state index in [0.717, 1.165) is 25.0 Å². The smallest absolute Gasteiger partial charge is 0.269 e. The number of carbonyl (C=O) groups is 1. The van der Waals surface area contributed by atoms with E-state index in [2.05, 4.69) is 4.98 Å². The lowest BCUT2D eigenvalue weighted by Crippen LogP contribution is -2.47. The maximum atomic E-state index is 11.7. The Bertz CT molecular complexity index is 805. The Kier molecular flexibility index (Phi) is 4.12. The summed E-state index contributed by atoms with van der Waals surface area (Å²) in [6.07, 6.45) is 3.85. The van der Waals surface area contributed by atoms with Gasteiger partial charge in [-0.2, -0.15) is 5.06 Å². The van der Waals surface area contributed by atoms with Crippen molar-refractivity contribution in [2.45, 2.75) is 31.4 Å². The van der Waals surface area contributed by atoms with E-state index in [1.807, 2.05) is 24.3 Å². The minimum absolute atomic E-state index is 0.0424. The second-order valence-corrected chi connectivity index (χ2v) is 6.26. The van der Waals surface area contributed by atoms with Gasteiger partial charge in [0.15, 0.2) is 5.82 Å². The third kappa shape index (κ3) is 2.97. The topological polar surface area (TPSA) is 97.9 Å². The third-order valence-electron chi connectivity index (χ3n) is 4.51. The summed E-state index contributed by atoms with van der Waals surface area (Å²) in [5.41, 5.74) is 7.43. The first-order chi connectivity index (χ1) is 12.1. The highest BCUT2D eigenvalue weighted by molar-refractivity contribution is 5.97. The summed E-state index contributed by atoms with van der Waals surface area (Å²) in [6, 6.07) is 8.73. The summed E-state index contributed by atoms with van der Waals surface area (Å²) >= 11 is 0. The number of amides is 1. The molecule has 0 saturated carbocycles. The number of fused-ring (bicyclic) bond motifs is 1. The quantitative estimate of drug-likeness (QED) is 0.832. The molecular weight excluding hydrogens is 322 g/mol. The number of hydroxylamine groups is 1. The molecule has 7 nitrogen and oxygen atoms in total. The molecule has 0 aliphatic carbocycles. The van der Waals surface area contributed by atoms with Crippen molar-refractivity contribution in [3.8, 4) is 11.5 Å². The molecule has 3 N–H and O–H groups in total. The summed E-state index contributed by atoms with van der Waals surface area (Å²) in [6.45, 7) is 0.762. The summed E-state index contributed by atoms with van der Waals surface area (Å²) in [7, 11) is 0. The zero-order valence-corrected chi connectivity index (χ0v) is 13.6. The maximum absolute atomic E-state index is 11.7. The fourth-order valence-corrected chi connectivity index (χ4v) is 3.25. The first kappa shape index (κ1) is 16.0. The van der Waals surface area contributed by atoms with Crippen LogP contribution in [0.5, 0.6) is 11.5 Å². The Labute approximate surface area is 144 Å². The van der Waals surface area contributed by atoms with Crippen LogP contribution in [-0.2, 0) is 16.0 Å². The van der Waals surface area contributed by atoms with Crippen LogP contribution in [0.4, 0.5) is 5.82 Å². The lowest BCUT2D eigenvalue weighted by atomic mass is 10.0. The second kappa shape index (κ2) is 6.44. The average Bonchev–Trinajstić information content (AvgIpc) is 3.15. The van der Waals surface area contributed by atoms with E-state index in [4.69, 9.17) is 15.2 Å². The van der Waals surface area contributed by atoms with E-state index >= 15 is 0 Å². The van der Waals surface area contributed by atoms with Crippen LogP contribution in [0.15, 0.2) is 36.5 Å². The summed E-state index contributed by atoms with van der Waals surface area (Å²) in [4.78, 5) is 15.9. The van der Waals surface area contributed by atoms with Crippen molar-refractivity contribution in [1.29, 1.82) is 0 Å². The Morgan fingerprint density at radius 1 is 1.36 bits per heavy atom. The zero-order chi connectivity index (χ0) is 17.4. The molecule has 1 aromatic heterocycles. The molecule has 4 rings (SSSR count). The molecule has 2 aliphatic rings. The molecule has 0 bridgehead atoms. The third-order valence-corrected chi connectivity index (χ3v) is 4.51. The Morgan fingerprint density at radius 2 is 2.20 bits per heavy atom.